The number of hydrogen-bond donors (Lipinski definition) is 2. The Balaban J connectivity index is 2.24. The van der Waals surface area contributed by atoms with Gasteiger partial charge in [-0.2, -0.15) is 5.10 Å². The molecule has 12 heavy (non-hydrogen) atoms. The average Bonchev–Trinajstić information content (AvgIpc) is 2.80. The van der Waals surface area contributed by atoms with E-state index in [2.05, 4.69) is 10.2 Å². The minimum atomic E-state index is -0.0418. The van der Waals surface area contributed by atoms with Gasteiger partial charge in [0.1, 0.15) is 6.61 Å². The van der Waals surface area contributed by atoms with E-state index >= 15 is 0 Å². The third-order valence-corrected chi connectivity index (χ3v) is 2.43. The maximum Gasteiger partial charge on any atom is 0.195 e. The number of nitrogens with zero attached hydrogens (tertiary/aromatic N) is 2. The third kappa shape index (κ3) is 1.42. The van der Waals surface area contributed by atoms with Gasteiger partial charge in [0.2, 0.25) is 0 Å². The molecule has 1 saturated carbocycles. The molecule has 1 fully saturated rings. The van der Waals surface area contributed by atoms with Gasteiger partial charge in [0, 0.05) is 6.54 Å². The van der Waals surface area contributed by atoms with E-state index in [1.165, 1.54) is 12.8 Å². The Labute approximate surface area is 75.2 Å². The van der Waals surface area contributed by atoms with Crippen molar-refractivity contribution in [1.82, 2.24) is 14.8 Å². The molecule has 2 rings (SSSR count). The molecule has 66 valence electrons. The van der Waals surface area contributed by atoms with E-state index in [9.17, 15) is 0 Å². The smallest absolute Gasteiger partial charge is 0.195 e. The molecule has 1 aromatic rings. The molecule has 0 aromatic carbocycles. The van der Waals surface area contributed by atoms with Crippen molar-refractivity contribution >= 4 is 12.2 Å². The van der Waals surface area contributed by atoms with Crippen molar-refractivity contribution in [1.29, 1.82) is 0 Å². The zero-order chi connectivity index (χ0) is 8.55. The van der Waals surface area contributed by atoms with Gasteiger partial charge in [-0.1, -0.05) is 0 Å². The van der Waals surface area contributed by atoms with Crippen LogP contribution in [0.3, 0.4) is 0 Å². The first-order valence-electron chi connectivity index (χ1n) is 4.06. The Morgan fingerprint density at radius 3 is 3.00 bits per heavy atom. The first-order valence-corrected chi connectivity index (χ1v) is 4.47. The summed E-state index contributed by atoms with van der Waals surface area (Å²) in [5, 5.41) is 15.5. The highest BCUT2D eigenvalue weighted by Crippen LogP contribution is 2.30. The lowest BCUT2D eigenvalue weighted by molar-refractivity contribution is 0.263. The molecule has 5 heteroatoms. The normalized spacial score (nSPS) is 16.8. The maximum atomic E-state index is 8.92. The summed E-state index contributed by atoms with van der Waals surface area (Å²) in [5.41, 5.74) is 0. The van der Waals surface area contributed by atoms with Crippen LogP contribution < -0.4 is 0 Å². The predicted molar refractivity (Wildman–Crippen MR) is 46.1 cm³/mol. The molecule has 0 saturated heterocycles. The number of hydrogen-bond acceptors (Lipinski definition) is 3. The predicted octanol–water partition coefficient (Wildman–Crippen LogP) is 0.843. The van der Waals surface area contributed by atoms with Crippen LogP contribution in [0.25, 0.3) is 0 Å². The Kier molecular flexibility index (Phi) is 1.98. The summed E-state index contributed by atoms with van der Waals surface area (Å²) in [7, 11) is 0. The second-order valence-electron chi connectivity index (χ2n) is 3.16. The zero-order valence-corrected chi connectivity index (χ0v) is 7.47. The first kappa shape index (κ1) is 7.94. The molecule has 1 aromatic heterocycles. The van der Waals surface area contributed by atoms with Crippen LogP contribution in [0.5, 0.6) is 0 Å². The van der Waals surface area contributed by atoms with Crippen LogP contribution in [-0.4, -0.2) is 19.9 Å². The second kappa shape index (κ2) is 2.99. The van der Waals surface area contributed by atoms with E-state index in [1.54, 1.807) is 0 Å². The van der Waals surface area contributed by atoms with E-state index in [0.29, 0.717) is 10.6 Å². The number of nitrogens with one attached hydrogen (secondary N) is 1. The summed E-state index contributed by atoms with van der Waals surface area (Å²) in [4.78, 5) is 0. The lowest BCUT2D eigenvalue weighted by atomic mass is 10.4. The highest BCUT2D eigenvalue weighted by atomic mass is 32.1. The topological polar surface area (TPSA) is 53.8 Å². The van der Waals surface area contributed by atoms with Gasteiger partial charge in [0.25, 0.3) is 0 Å². The molecular formula is C7H11N3OS. The van der Waals surface area contributed by atoms with Crippen molar-refractivity contribution in [3.8, 4) is 0 Å². The SMILES string of the molecule is OCc1n[nH]c(=S)n1CC1CC1. The lowest BCUT2D eigenvalue weighted by Gasteiger charge is -2.01. The van der Waals surface area contributed by atoms with Crippen LogP contribution in [0.1, 0.15) is 18.7 Å². The Morgan fingerprint density at radius 1 is 1.67 bits per heavy atom. The second-order valence-corrected chi connectivity index (χ2v) is 3.54. The summed E-state index contributed by atoms with van der Waals surface area (Å²) in [6.07, 6.45) is 2.55. The molecule has 0 radical (unpaired) electrons. The van der Waals surface area contributed by atoms with Gasteiger partial charge >= 0.3 is 0 Å². The summed E-state index contributed by atoms with van der Waals surface area (Å²) >= 11 is 5.02. The third-order valence-electron chi connectivity index (χ3n) is 2.12. The fraction of sp³-hybridized carbons (Fsp3) is 0.714. The Morgan fingerprint density at radius 2 is 2.42 bits per heavy atom. The average molecular weight is 185 g/mol. The summed E-state index contributed by atoms with van der Waals surface area (Å²) in [6, 6.07) is 0. The monoisotopic (exact) mass is 185 g/mol. The van der Waals surface area contributed by atoms with Crippen molar-refractivity contribution in [3.63, 3.8) is 0 Å². The van der Waals surface area contributed by atoms with E-state index in [-0.39, 0.29) is 6.61 Å². The molecule has 0 unspecified atom stereocenters. The molecule has 0 spiro atoms. The number of rotatable bonds is 3. The number of aromatic amines is 1. The summed E-state index contributed by atoms with van der Waals surface area (Å²) in [6.45, 7) is 0.866. The van der Waals surface area contributed by atoms with Crippen LogP contribution in [-0.2, 0) is 13.2 Å². The molecular weight excluding hydrogens is 174 g/mol. The van der Waals surface area contributed by atoms with Crippen molar-refractivity contribution in [2.24, 2.45) is 5.92 Å². The van der Waals surface area contributed by atoms with Crippen LogP contribution in [0.2, 0.25) is 0 Å². The minimum absolute atomic E-state index is 0.0418. The molecule has 4 nitrogen and oxygen atoms in total. The number of H-pyrrole nitrogens is 1. The minimum Gasteiger partial charge on any atom is -0.388 e. The molecule has 0 amide bonds. The van der Waals surface area contributed by atoms with Crippen LogP contribution >= 0.6 is 12.2 Å². The zero-order valence-electron chi connectivity index (χ0n) is 6.66. The van der Waals surface area contributed by atoms with Gasteiger partial charge in [-0.25, -0.2) is 0 Å². The van der Waals surface area contributed by atoms with Crippen molar-refractivity contribution in [3.05, 3.63) is 10.6 Å². The number of aromatic nitrogens is 3. The highest BCUT2D eigenvalue weighted by Gasteiger charge is 2.23. The van der Waals surface area contributed by atoms with Crippen LogP contribution in [0.4, 0.5) is 0 Å². The lowest BCUT2D eigenvalue weighted by Crippen LogP contribution is -2.05. The van der Waals surface area contributed by atoms with Gasteiger partial charge in [-0.15, -0.1) is 0 Å². The molecule has 0 atom stereocenters. The van der Waals surface area contributed by atoms with Crippen molar-refractivity contribution in [2.45, 2.75) is 26.0 Å². The van der Waals surface area contributed by atoms with E-state index in [0.717, 1.165) is 12.5 Å². The van der Waals surface area contributed by atoms with E-state index in [1.807, 2.05) is 4.57 Å². The quantitative estimate of drug-likeness (QED) is 0.686. The molecule has 0 aliphatic heterocycles. The van der Waals surface area contributed by atoms with Gasteiger partial charge in [0.05, 0.1) is 0 Å². The van der Waals surface area contributed by atoms with Crippen molar-refractivity contribution < 1.29 is 5.11 Å². The van der Waals surface area contributed by atoms with Gasteiger partial charge in [-0.05, 0) is 31.0 Å². The van der Waals surface area contributed by atoms with Gasteiger partial charge < -0.3 is 9.67 Å². The standard InChI is InChI=1S/C7H11N3OS/c11-4-6-8-9-7(12)10(6)3-5-1-2-5/h5,11H,1-4H2,(H,9,12). The van der Waals surface area contributed by atoms with Crippen molar-refractivity contribution in [2.75, 3.05) is 0 Å². The largest absolute Gasteiger partial charge is 0.388 e. The maximum absolute atomic E-state index is 8.92. The Hall–Kier alpha value is -0.680. The van der Waals surface area contributed by atoms with Crippen LogP contribution in [0.15, 0.2) is 0 Å². The van der Waals surface area contributed by atoms with E-state index < -0.39 is 0 Å². The van der Waals surface area contributed by atoms with E-state index in [4.69, 9.17) is 17.3 Å². The summed E-state index contributed by atoms with van der Waals surface area (Å²) < 4.78 is 2.50. The molecule has 1 aliphatic carbocycles. The molecule has 1 heterocycles. The molecule has 1 aliphatic rings. The molecule has 2 N–H and O–H groups in total. The fourth-order valence-electron chi connectivity index (χ4n) is 1.22. The molecule has 0 bridgehead atoms. The fourth-order valence-corrected chi connectivity index (χ4v) is 1.44. The van der Waals surface area contributed by atoms with Crippen LogP contribution in [0, 0.1) is 10.7 Å². The van der Waals surface area contributed by atoms with Gasteiger partial charge in [-0.3, -0.25) is 5.10 Å². The first-order chi connectivity index (χ1) is 5.81. The Bertz CT molecular complexity index is 326. The number of aliphatic hydroxyl groups is 1. The number of aliphatic hydroxyl groups excluding tert-OH is 1. The van der Waals surface area contributed by atoms with Gasteiger partial charge in [0.15, 0.2) is 10.6 Å². The highest BCUT2D eigenvalue weighted by molar-refractivity contribution is 7.71. The summed E-state index contributed by atoms with van der Waals surface area (Å²) in [5.74, 6) is 1.39.